The van der Waals surface area contributed by atoms with Crippen molar-refractivity contribution >= 4 is 5.82 Å². The third kappa shape index (κ3) is 3.61. The number of halogens is 3. The molecule has 105 valence electrons. The summed E-state index contributed by atoms with van der Waals surface area (Å²) in [5.41, 5.74) is -0.742. The van der Waals surface area contributed by atoms with Crippen LogP contribution in [0.3, 0.4) is 0 Å². The number of anilines is 1. The van der Waals surface area contributed by atoms with E-state index in [1.807, 2.05) is 11.8 Å². The van der Waals surface area contributed by atoms with Crippen molar-refractivity contribution in [3.05, 3.63) is 23.9 Å². The summed E-state index contributed by atoms with van der Waals surface area (Å²) in [6.07, 6.45) is 1.47. The highest BCUT2D eigenvalue weighted by Gasteiger charge is 2.31. The van der Waals surface area contributed by atoms with Gasteiger partial charge in [0.25, 0.3) is 0 Å². The maximum absolute atomic E-state index is 12.5. The predicted molar refractivity (Wildman–Crippen MR) is 67.9 cm³/mol. The first-order valence-electron chi connectivity index (χ1n) is 6.70. The second-order valence-corrected chi connectivity index (χ2v) is 5.01. The molecule has 1 aliphatic carbocycles. The molecule has 5 heteroatoms. The van der Waals surface area contributed by atoms with Gasteiger partial charge in [-0.15, -0.1) is 0 Å². The zero-order chi connectivity index (χ0) is 13.9. The highest BCUT2D eigenvalue weighted by molar-refractivity contribution is 5.38. The molecule has 0 amide bonds. The molecule has 0 saturated heterocycles. The van der Waals surface area contributed by atoms with Gasteiger partial charge in [0.2, 0.25) is 0 Å². The molecule has 1 fully saturated rings. The fraction of sp³-hybridized carbons (Fsp3) is 0.643. The van der Waals surface area contributed by atoms with Crippen LogP contribution in [0.4, 0.5) is 19.0 Å². The van der Waals surface area contributed by atoms with Crippen molar-refractivity contribution < 1.29 is 13.2 Å². The summed E-state index contributed by atoms with van der Waals surface area (Å²) in [6, 6.07) is 3.65. The van der Waals surface area contributed by atoms with Crippen LogP contribution in [0.2, 0.25) is 0 Å². The molecule has 0 spiro atoms. The van der Waals surface area contributed by atoms with E-state index in [4.69, 9.17) is 0 Å². The van der Waals surface area contributed by atoms with Crippen molar-refractivity contribution in [2.24, 2.45) is 5.92 Å². The van der Waals surface area contributed by atoms with Gasteiger partial charge in [-0.1, -0.05) is 12.8 Å². The maximum Gasteiger partial charge on any atom is 0.417 e. The van der Waals surface area contributed by atoms with Crippen molar-refractivity contribution in [3.8, 4) is 0 Å². The van der Waals surface area contributed by atoms with Gasteiger partial charge >= 0.3 is 6.18 Å². The van der Waals surface area contributed by atoms with Gasteiger partial charge in [-0.2, -0.15) is 13.2 Å². The molecule has 1 saturated carbocycles. The molecule has 1 aromatic rings. The lowest BCUT2D eigenvalue weighted by Crippen LogP contribution is -2.29. The second-order valence-electron chi connectivity index (χ2n) is 5.01. The summed E-state index contributed by atoms with van der Waals surface area (Å²) in [4.78, 5) is 5.92. The molecule has 1 heterocycles. The molecule has 1 radical (unpaired) electrons. The number of pyridine rings is 1. The molecule has 0 unspecified atom stereocenters. The second kappa shape index (κ2) is 5.80. The van der Waals surface area contributed by atoms with E-state index in [2.05, 4.69) is 11.1 Å². The Morgan fingerprint density at radius 1 is 1.37 bits per heavy atom. The molecular formula is C14H18F3N2. The van der Waals surface area contributed by atoms with Crippen molar-refractivity contribution in [2.45, 2.75) is 38.8 Å². The van der Waals surface area contributed by atoms with Gasteiger partial charge in [-0.3, -0.25) is 0 Å². The standard InChI is InChI=1S/C14H18F3N2/c1-2-19(10-11-5-3-4-6-11)13-8-7-12(9-18-13)14(15,16)17/h7,9,11H,2-6,10H2,1H3. The van der Waals surface area contributed by atoms with Crippen molar-refractivity contribution in [2.75, 3.05) is 18.0 Å². The Labute approximate surface area is 111 Å². The highest BCUT2D eigenvalue weighted by Crippen LogP contribution is 2.30. The van der Waals surface area contributed by atoms with E-state index in [0.29, 0.717) is 11.7 Å². The summed E-state index contributed by atoms with van der Waals surface area (Å²) < 4.78 is 37.4. The first kappa shape index (κ1) is 14.2. The van der Waals surface area contributed by atoms with Crippen molar-refractivity contribution in [3.63, 3.8) is 0 Å². The minimum absolute atomic E-state index is 0.516. The lowest BCUT2D eigenvalue weighted by atomic mass is 10.1. The smallest absolute Gasteiger partial charge is 0.356 e. The third-order valence-corrected chi connectivity index (χ3v) is 3.64. The Morgan fingerprint density at radius 3 is 2.53 bits per heavy atom. The monoisotopic (exact) mass is 271 g/mol. The number of rotatable bonds is 4. The maximum atomic E-state index is 12.5. The molecular weight excluding hydrogens is 253 g/mol. The van der Waals surface area contributed by atoms with Crippen LogP contribution in [-0.2, 0) is 6.18 Å². The van der Waals surface area contributed by atoms with Crippen molar-refractivity contribution in [1.82, 2.24) is 4.98 Å². The molecule has 19 heavy (non-hydrogen) atoms. The normalized spacial score (nSPS) is 16.8. The van der Waals surface area contributed by atoms with E-state index < -0.39 is 11.7 Å². The van der Waals surface area contributed by atoms with Gasteiger partial charge in [-0.05, 0) is 31.7 Å². The van der Waals surface area contributed by atoms with Crippen LogP contribution < -0.4 is 4.90 Å². The number of alkyl halides is 3. The first-order chi connectivity index (χ1) is 9.00. The van der Waals surface area contributed by atoms with Gasteiger partial charge in [0.05, 0.1) is 5.56 Å². The lowest BCUT2D eigenvalue weighted by Gasteiger charge is -2.25. The van der Waals surface area contributed by atoms with Crippen LogP contribution in [0.1, 0.15) is 38.2 Å². The van der Waals surface area contributed by atoms with E-state index in [-0.39, 0.29) is 0 Å². The summed E-state index contributed by atoms with van der Waals surface area (Å²) >= 11 is 0. The number of nitrogens with zero attached hydrogens (tertiary/aromatic N) is 2. The Hall–Kier alpha value is -1.26. The van der Waals surface area contributed by atoms with Crippen LogP contribution in [0, 0.1) is 12.0 Å². The zero-order valence-corrected chi connectivity index (χ0v) is 11.0. The third-order valence-electron chi connectivity index (χ3n) is 3.64. The molecule has 0 aromatic carbocycles. The van der Waals surface area contributed by atoms with E-state index >= 15 is 0 Å². The molecule has 0 N–H and O–H groups in total. The fourth-order valence-electron chi connectivity index (χ4n) is 2.55. The predicted octanol–water partition coefficient (Wildman–Crippen LogP) is 3.92. The highest BCUT2D eigenvalue weighted by atomic mass is 19.4. The molecule has 0 bridgehead atoms. The molecule has 2 rings (SSSR count). The zero-order valence-electron chi connectivity index (χ0n) is 11.0. The van der Waals surface area contributed by atoms with Crippen molar-refractivity contribution in [1.29, 1.82) is 0 Å². The molecule has 2 nitrogen and oxygen atoms in total. The summed E-state index contributed by atoms with van der Waals surface area (Å²) in [7, 11) is 0. The van der Waals surface area contributed by atoms with Gasteiger partial charge in [-0.25, -0.2) is 4.98 Å². The minimum atomic E-state index is -4.34. The minimum Gasteiger partial charge on any atom is -0.356 e. The number of aromatic nitrogens is 1. The number of hydrogen-bond acceptors (Lipinski definition) is 2. The Morgan fingerprint density at radius 2 is 2.05 bits per heavy atom. The topological polar surface area (TPSA) is 16.1 Å². The molecule has 1 aromatic heterocycles. The van der Waals surface area contributed by atoms with E-state index in [9.17, 15) is 13.2 Å². The van der Waals surface area contributed by atoms with Gasteiger partial charge in [0.15, 0.2) is 0 Å². The van der Waals surface area contributed by atoms with E-state index in [1.54, 1.807) is 0 Å². The summed E-state index contributed by atoms with van der Waals surface area (Å²) in [6.45, 7) is 3.60. The van der Waals surface area contributed by atoms with E-state index in [0.717, 1.165) is 25.4 Å². The molecule has 0 aliphatic heterocycles. The van der Waals surface area contributed by atoms with Gasteiger partial charge in [0, 0.05) is 25.4 Å². The van der Waals surface area contributed by atoms with Crippen LogP contribution >= 0.6 is 0 Å². The average molecular weight is 271 g/mol. The molecule has 0 atom stereocenters. The van der Waals surface area contributed by atoms with Crippen LogP contribution in [0.5, 0.6) is 0 Å². The van der Waals surface area contributed by atoms with E-state index in [1.165, 1.54) is 25.7 Å². The largest absolute Gasteiger partial charge is 0.417 e. The SMILES string of the molecule is CCN(CC1CCCC1)c1[c]cc(C(F)(F)F)cn1. The number of hydrogen-bond donors (Lipinski definition) is 0. The summed E-state index contributed by atoms with van der Waals surface area (Å²) in [5.74, 6) is 1.15. The summed E-state index contributed by atoms with van der Waals surface area (Å²) in [5, 5.41) is 0. The van der Waals surface area contributed by atoms with Gasteiger partial charge < -0.3 is 4.90 Å². The van der Waals surface area contributed by atoms with Gasteiger partial charge in [0.1, 0.15) is 5.82 Å². The fourth-order valence-corrected chi connectivity index (χ4v) is 2.55. The Kier molecular flexibility index (Phi) is 4.32. The first-order valence-corrected chi connectivity index (χ1v) is 6.70. The Bertz CT molecular complexity index is 394. The lowest BCUT2D eigenvalue weighted by molar-refractivity contribution is -0.137. The quantitative estimate of drug-likeness (QED) is 0.825. The van der Waals surface area contributed by atoms with Crippen LogP contribution in [0.15, 0.2) is 12.3 Å². The van der Waals surface area contributed by atoms with Crippen LogP contribution in [0.25, 0.3) is 0 Å². The van der Waals surface area contributed by atoms with Crippen LogP contribution in [-0.4, -0.2) is 18.1 Å². The molecule has 1 aliphatic rings. The Balaban J connectivity index is 2.05. The average Bonchev–Trinajstić information content (AvgIpc) is 2.88.